The van der Waals surface area contributed by atoms with Crippen LogP contribution >= 0.6 is 12.4 Å². The molecular formula is C21H29ClN4O. The van der Waals surface area contributed by atoms with Crippen LogP contribution in [-0.2, 0) is 18.3 Å². The third kappa shape index (κ3) is 4.36. The number of piperidine rings is 1. The molecule has 2 aromatic rings. The molecule has 5 nitrogen and oxygen atoms in total. The summed E-state index contributed by atoms with van der Waals surface area (Å²) >= 11 is 0. The van der Waals surface area contributed by atoms with E-state index in [2.05, 4.69) is 51.8 Å². The van der Waals surface area contributed by atoms with Gasteiger partial charge < -0.3 is 10.2 Å². The molecule has 2 aliphatic heterocycles. The summed E-state index contributed by atoms with van der Waals surface area (Å²) in [6.07, 6.45) is 8.37. The number of rotatable bonds is 4. The zero-order valence-electron chi connectivity index (χ0n) is 15.9. The predicted molar refractivity (Wildman–Crippen MR) is 109 cm³/mol. The lowest BCUT2D eigenvalue weighted by molar-refractivity contribution is -0.139. The lowest BCUT2D eigenvalue weighted by atomic mass is 9.87. The first-order chi connectivity index (χ1) is 12.7. The minimum absolute atomic E-state index is 0. The molecule has 1 amide bonds. The Morgan fingerprint density at radius 2 is 2.04 bits per heavy atom. The highest BCUT2D eigenvalue weighted by Crippen LogP contribution is 2.32. The normalized spacial score (nSPS) is 25.2. The zero-order chi connectivity index (χ0) is 17.9. The second-order valence-electron chi connectivity index (χ2n) is 7.69. The van der Waals surface area contributed by atoms with E-state index >= 15 is 0 Å². The Kier molecular flexibility index (Phi) is 6.55. The van der Waals surface area contributed by atoms with Crippen molar-refractivity contribution in [3.8, 4) is 0 Å². The summed E-state index contributed by atoms with van der Waals surface area (Å²) < 4.78 is 1.83. The molecule has 146 valence electrons. The Bertz CT molecular complexity index is 748. The van der Waals surface area contributed by atoms with E-state index in [1.54, 1.807) is 0 Å². The van der Waals surface area contributed by atoms with Crippen molar-refractivity contribution in [1.82, 2.24) is 20.0 Å². The fraction of sp³-hybridized carbons (Fsp3) is 0.524. The van der Waals surface area contributed by atoms with Gasteiger partial charge in [0.05, 0.1) is 12.1 Å². The van der Waals surface area contributed by atoms with Crippen LogP contribution in [0.4, 0.5) is 0 Å². The van der Waals surface area contributed by atoms with Crippen molar-refractivity contribution in [3.05, 3.63) is 53.9 Å². The molecule has 27 heavy (non-hydrogen) atoms. The van der Waals surface area contributed by atoms with Gasteiger partial charge in [-0.1, -0.05) is 30.3 Å². The number of halogens is 1. The van der Waals surface area contributed by atoms with Crippen molar-refractivity contribution in [3.63, 3.8) is 0 Å². The molecule has 1 unspecified atom stereocenters. The van der Waals surface area contributed by atoms with E-state index in [0.29, 0.717) is 11.9 Å². The first kappa shape index (κ1) is 19.9. The van der Waals surface area contributed by atoms with E-state index in [0.717, 1.165) is 38.9 Å². The highest BCUT2D eigenvalue weighted by Gasteiger charge is 2.39. The van der Waals surface area contributed by atoms with E-state index < -0.39 is 0 Å². The molecule has 0 saturated carbocycles. The molecule has 0 spiro atoms. The quantitative estimate of drug-likeness (QED) is 0.876. The van der Waals surface area contributed by atoms with Gasteiger partial charge in [0.1, 0.15) is 0 Å². The molecule has 4 rings (SSSR count). The first-order valence-corrected chi connectivity index (χ1v) is 9.76. The minimum atomic E-state index is 0. The average molecular weight is 389 g/mol. The van der Waals surface area contributed by atoms with Gasteiger partial charge in [-0.3, -0.25) is 9.48 Å². The van der Waals surface area contributed by atoms with Crippen LogP contribution < -0.4 is 5.32 Å². The number of hydrogen-bond acceptors (Lipinski definition) is 3. The van der Waals surface area contributed by atoms with Gasteiger partial charge in [0, 0.05) is 44.8 Å². The van der Waals surface area contributed by atoms with Crippen LogP contribution in [0.5, 0.6) is 0 Å². The third-order valence-electron chi connectivity index (χ3n) is 5.91. The first-order valence-electron chi connectivity index (χ1n) is 9.76. The van der Waals surface area contributed by atoms with Gasteiger partial charge in [0.25, 0.3) is 0 Å². The maximum Gasteiger partial charge on any atom is 0.227 e. The average Bonchev–Trinajstić information content (AvgIpc) is 3.31. The summed E-state index contributed by atoms with van der Waals surface area (Å²) in [4.78, 5) is 15.6. The number of nitrogens with one attached hydrogen (secondary N) is 1. The molecule has 0 bridgehead atoms. The Morgan fingerprint density at radius 3 is 2.78 bits per heavy atom. The molecule has 0 aliphatic carbocycles. The Morgan fingerprint density at radius 1 is 1.22 bits per heavy atom. The van der Waals surface area contributed by atoms with E-state index in [-0.39, 0.29) is 24.2 Å². The molecule has 6 heteroatoms. The third-order valence-corrected chi connectivity index (χ3v) is 5.91. The number of aromatic nitrogens is 2. The van der Waals surface area contributed by atoms with Crippen LogP contribution in [0, 0.1) is 5.92 Å². The maximum absolute atomic E-state index is 13.5. The van der Waals surface area contributed by atoms with Crippen LogP contribution in [0.2, 0.25) is 0 Å². The number of carbonyl (C=O) groups excluding carboxylic acids is 1. The number of aryl methyl sites for hydroxylation is 1. The summed E-state index contributed by atoms with van der Waals surface area (Å²) in [7, 11) is 1.93. The Labute approximate surface area is 167 Å². The van der Waals surface area contributed by atoms with Gasteiger partial charge in [-0.05, 0) is 36.8 Å². The zero-order valence-corrected chi connectivity index (χ0v) is 16.7. The van der Waals surface area contributed by atoms with Crippen LogP contribution in [0.3, 0.4) is 0 Å². The fourth-order valence-electron chi connectivity index (χ4n) is 4.52. The van der Waals surface area contributed by atoms with E-state index in [1.165, 1.54) is 17.5 Å². The van der Waals surface area contributed by atoms with E-state index in [4.69, 9.17) is 0 Å². The standard InChI is InChI=1S/C21H28N4O.ClH/c1-24-15-17(12-23-24)19-13-22-14-20(19)21(26)25-10-6-5-9-18(25)11-16-7-3-2-4-8-16;/h2-4,7-8,12,15,18-20,22H,5-6,9-11,13-14H2,1H3;1H/t18?,19-,20+;/m1./s1. The predicted octanol–water partition coefficient (Wildman–Crippen LogP) is 2.77. The van der Waals surface area contributed by atoms with Crippen molar-refractivity contribution in [2.45, 2.75) is 37.6 Å². The van der Waals surface area contributed by atoms with E-state index in [9.17, 15) is 4.79 Å². The van der Waals surface area contributed by atoms with Gasteiger partial charge in [-0.25, -0.2) is 0 Å². The van der Waals surface area contributed by atoms with Gasteiger partial charge in [-0.15, -0.1) is 12.4 Å². The molecule has 3 atom stereocenters. The van der Waals surface area contributed by atoms with Crippen LogP contribution in [0.25, 0.3) is 0 Å². The highest BCUT2D eigenvalue weighted by molar-refractivity contribution is 5.85. The number of nitrogens with zero attached hydrogens (tertiary/aromatic N) is 3. The summed E-state index contributed by atoms with van der Waals surface area (Å²) in [5.74, 6) is 0.579. The van der Waals surface area contributed by atoms with Crippen molar-refractivity contribution in [1.29, 1.82) is 0 Å². The summed E-state index contributed by atoms with van der Waals surface area (Å²) in [6, 6.07) is 10.9. The van der Waals surface area contributed by atoms with Crippen molar-refractivity contribution >= 4 is 18.3 Å². The monoisotopic (exact) mass is 388 g/mol. The number of hydrogen-bond donors (Lipinski definition) is 1. The maximum atomic E-state index is 13.5. The van der Waals surface area contributed by atoms with Crippen molar-refractivity contribution < 1.29 is 4.79 Å². The number of carbonyl (C=O) groups is 1. The van der Waals surface area contributed by atoms with Crippen LogP contribution in [0.1, 0.15) is 36.3 Å². The SMILES string of the molecule is Cl.Cn1cc([C@H]2CNC[C@@H]2C(=O)N2CCCCC2Cc2ccccc2)cn1. The lowest BCUT2D eigenvalue weighted by Crippen LogP contribution is -2.48. The molecule has 1 aromatic carbocycles. The molecule has 2 fully saturated rings. The minimum Gasteiger partial charge on any atom is -0.339 e. The Hall–Kier alpha value is -1.85. The second kappa shape index (κ2) is 8.89. The van der Waals surface area contributed by atoms with Crippen molar-refractivity contribution in [2.75, 3.05) is 19.6 Å². The summed E-state index contributed by atoms with van der Waals surface area (Å²) in [5, 5.41) is 7.73. The van der Waals surface area contributed by atoms with Crippen LogP contribution in [-0.4, -0.2) is 46.3 Å². The van der Waals surface area contributed by atoms with Crippen molar-refractivity contribution in [2.24, 2.45) is 13.0 Å². The van der Waals surface area contributed by atoms with Gasteiger partial charge in [0.15, 0.2) is 0 Å². The largest absolute Gasteiger partial charge is 0.339 e. The Balaban J connectivity index is 0.00000210. The second-order valence-corrected chi connectivity index (χ2v) is 7.69. The molecular weight excluding hydrogens is 360 g/mol. The van der Waals surface area contributed by atoms with E-state index in [1.807, 2.05) is 17.9 Å². The number of likely N-dealkylation sites (tertiary alicyclic amines) is 1. The van der Waals surface area contributed by atoms with Crippen LogP contribution in [0.15, 0.2) is 42.7 Å². The summed E-state index contributed by atoms with van der Waals surface area (Å²) in [6.45, 7) is 2.53. The van der Waals surface area contributed by atoms with Gasteiger partial charge >= 0.3 is 0 Å². The van der Waals surface area contributed by atoms with Gasteiger partial charge in [-0.2, -0.15) is 5.10 Å². The molecule has 2 saturated heterocycles. The number of amides is 1. The fourth-order valence-corrected chi connectivity index (χ4v) is 4.52. The highest BCUT2D eigenvalue weighted by atomic mass is 35.5. The number of benzene rings is 1. The molecule has 1 aromatic heterocycles. The molecule has 1 N–H and O–H groups in total. The molecule has 0 radical (unpaired) electrons. The molecule has 3 heterocycles. The summed E-state index contributed by atoms with van der Waals surface area (Å²) in [5.41, 5.74) is 2.50. The molecule has 2 aliphatic rings. The van der Waals surface area contributed by atoms with Gasteiger partial charge in [0.2, 0.25) is 5.91 Å². The smallest absolute Gasteiger partial charge is 0.227 e. The lowest BCUT2D eigenvalue weighted by Gasteiger charge is -2.38. The topological polar surface area (TPSA) is 50.2 Å².